The van der Waals surface area contributed by atoms with Crippen molar-refractivity contribution in [3.8, 4) is 0 Å². The molecule has 0 aromatic carbocycles. The van der Waals surface area contributed by atoms with Gasteiger partial charge in [0, 0.05) is 19.3 Å². The molecule has 0 aliphatic heterocycles. The normalized spacial score (nSPS) is 13.2. The van der Waals surface area contributed by atoms with Crippen molar-refractivity contribution in [1.29, 1.82) is 0 Å². The molecule has 0 heterocycles. The summed E-state index contributed by atoms with van der Waals surface area (Å²) in [6, 6.07) is 0. The molecule has 0 saturated carbocycles. The SMILES string of the molecule is CC(C)(C)[Si](C)(C)OC(=O)CCCCCC(=O)CCC(=O)O[Si](C)(C)C(C)(C)C. The molecular weight excluding hydrogens is 400 g/mol. The average Bonchev–Trinajstić information content (AvgIpc) is 2.49. The molecule has 7 heteroatoms. The maximum atomic E-state index is 12.1. The first-order valence-electron chi connectivity index (χ1n) is 10.8. The van der Waals surface area contributed by atoms with Crippen molar-refractivity contribution in [1.82, 2.24) is 0 Å². The molecule has 0 fully saturated rings. The molecule has 0 aromatic heterocycles. The van der Waals surface area contributed by atoms with Crippen molar-refractivity contribution < 1.29 is 23.2 Å². The summed E-state index contributed by atoms with van der Waals surface area (Å²) in [5.74, 6) is -0.310. The van der Waals surface area contributed by atoms with E-state index in [1.807, 2.05) is 13.1 Å². The molecule has 170 valence electrons. The quantitative estimate of drug-likeness (QED) is 0.273. The first kappa shape index (κ1) is 28.0. The number of rotatable bonds is 11. The van der Waals surface area contributed by atoms with Gasteiger partial charge in [-0.1, -0.05) is 48.0 Å². The van der Waals surface area contributed by atoms with E-state index in [4.69, 9.17) is 8.85 Å². The fourth-order valence-corrected chi connectivity index (χ4v) is 4.07. The minimum absolute atomic E-state index is 0.0147. The van der Waals surface area contributed by atoms with Crippen LogP contribution in [0.2, 0.25) is 36.3 Å². The zero-order chi connectivity index (χ0) is 23.1. The van der Waals surface area contributed by atoms with Crippen molar-refractivity contribution in [3.63, 3.8) is 0 Å². The van der Waals surface area contributed by atoms with Gasteiger partial charge in [0.05, 0.1) is 6.42 Å². The minimum Gasteiger partial charge on any atom is -0.519 e. The highest BCUT2D eigenvalue weighted by Crippen LogP contribution is 2.37. The number of unbranched alkanes of at least 4 members (excludes halogenated alkanes) is 2. The van der Waals surface area contributed by atoms with Gasteiger partial charge in [-0.3, -0.25) is 14.4 Å². The number of hydrogen-bond acceptors (Lipinski definition) is 5. The molecule has 0 atom stereocenters. The predicted molar refractivity (Wildman–Crippen MR) is 124 cm³/mol. The van der Waals surface area contributed by atoms with E-state index in [1.165, 1.54) is 0 Å². The molecule has 0 saturated heterocycles. The van der Waals surface area contributed by atoms with Gasteiger partial charge >= 0.3 is 0 Å². The second-order valence-corrected chi connectivity index (χ2v) is 20.5. The molecule has 0 rings (SSSR count). The van der Waals surface area contributed by atoms with Crippen molar-refractivity contribution in [3.05, 3.63) is 0 Å². The van der Waals surface area contributed by atoms with Gasteiger partial charge in [0.2, 0.25) is 0 Å². The highest BCUT2D eigenvalue weighted by molar-refractivity contribution is 6.75. The summed E-state index contributed by atoms with van der Waals surface area (Å²) >= 11 is 0. The fraction of sp³-hybridized carbons (Fsp3) is 0.864. The Hall–Kier alpha value is -0.956. The lowest BCUT2D eigenvalue weighted by Crippen LogP contribution is -2.42. The van der Waals surface area contributed by atoms with Crippen LogP contribution in [0.5, 0.6) is 0 Å². The first-order valence-corrected chi connectivity index (χ1v) is 16.7. The number of carbonyl (C=O) groups excluding carboxylic acids is 3. The van der Waals surface area contributed by atoms with Crippen molar-refractivity contribution in [2.24, 2.45) is 0 Å². The lowest BCUT2D eigenvalue weighted by Gasteiger charge is -2.35. The molecule has 0 aliphatic rings. The molecule has 0 amide bonds. The van der Waals surface area contributed by atoms with Gasteiger partial charge in [0.15, 0.2) is 0 Å². The molecule has 0 spiro atoms. The third-order valence-electron chi connectivity index (χ3n) is 6.29. The number of Topliss-reactive ketones (excluding diaryl/α,β-unsaturated/α-hetero) is 1. The Morgan fingerprint density at radius 3 is 1.38 bits per heavy atom. The molecule has 0 aliphatic carbocycles. The topological polar surface area (TPSA) is 69.7 Å². The number of ketones is 1. The largest absolute Gasteiger partial charge is 0.519 e. The van der Waals surface area contributed by atoms with E-state index in [0.717, 1.165) is 19.3 Å². The van der Waals surface area contributed by atoms with Gasteiger partial charge in [-0.25, -0.2) is 0 Å². The molecular formula is C22H44O5Si2. The summed E-state index contributed by atoms with van der Waals surface area (Å²) in [5.41, 5.74) is 0. The zero-order valence-electron chi connectivity index (χ0n) is 20.5. The fourth-order valence-electron chi connectivity index (χ4n) is 2.11. The van der Waals surface area contributed by atoms with Crippen LogP contribution in [0.1, 0.15) is 86.5 Å². The molecule has 0 bridgehead atoms. The van der Waals surface area contributed by atoms with Crippen LogP contribution >= 0.6 is 0 Å². The van der Waals surface area contributed by atoms with E-state index in [2.05, 4.69) is 54.6 Å². The molecule has 0 unspecified atom stereocenters. The molecule has 0 aromatic rings. The van der Waals surface area contributed by atoms with E-state index >= 15 is 0 Å². The Balaban J connectivity index is 4.04. The lowest BCUT2D eigenvalue weighted by atomic mass is 10.1. The van der Waals surface area contributed by atoms with E-state index in [0.29, 0.717) is 12.8 Å². The van der Waals surface area contributed by atoms with Crippen LogP contribution in [-0.2, 0) is 23.2 Å². The highest BCUT2D eigenvalue weighted by atomic mass is 28.4. The highest BCUT2D eigenvalue weighted by Gasteiger charge is 2.41. The van der Waals surface area contributed by atoms with Crippen molar-refractivity contribution in [2.45, 2.75) is 123 Å². The Kier molecular flexibility index (Phi) is 10.5. The third kappa shape index (κ3) is 10.6. The van der Waals surface area contributed by atoms with E-state index < -0.39 is 16.6 Å². The maximum Gasteiger partial charge on any atom is 0.292 e. The number of carbonyl (C=O) groups is 3. The van der Waals surface area contributed by atoms with E-state index in [1.54, 1.807) is 0 Å². The summed E-state index contributed by atoms with van der Waals surface area (Å²) < 4.78 is 11.4. The van der Waals surface area contributed by atoms with E-state index in [9.17, 15) is 14.4 Å². The third-order valence-corrected chi connectivity index (χ3v) is 15.0. The van der Waals surface area contributed by atoms with Gasteiger partial charge in [-0.2, -0.15) is 0 Å². The van der Waals surface area contributed by atoms with Crippen LogP contribution in [-0.4, -0.2) is 34.4 Å². The van der Waals surface area contributed by atoms with Crippen LogP contribution in [0.25, 0.3) is 0 Å². The summed E-state index contributed by atoms with van der Waals surface area (Å²) in [6.45, 7) is 20.8. The summed E-state index contributed by atoms with van der Waals surface area (Å²) in [6.07, 6.45) is 3.53. The molecule has 0 N–H and O–H groups in total. The van der Waals surface area contributed by atoms with Gasteiger partial charge in [-0.05, 0) is 49.1 Å². The van der Waals surface area contributed by atoms with Gasteiger partial charge in [0.1, 0.15) is 5.78 Å². The van der Waals surface area contributed by atoms with Gasteiger partial charge < -0.3 is 8.85 Å². The second-order valence-electron chi connectivity index (χ2n) is 11.1. The van der Waals surface area contributed by atoms with Gasteiger partial charge in [-0.15, -0.1) is 0 Å². The monoisotopic (exact) mass is 444 g/mol. The van der Waals surface area contributed by atoms with Crippen LogP contribution in [0.4, 0.5) is 0 Å². The van der Waals surface area contributed by atoms with Crippen LogP contribution in [0.15, 0.2) is 0 Å². The number of hydrogen-bond donors (Lipinski definition) is 0. The van der Waals surface area contributed by atoms with E-state index in [-0.39, 0.29) is 40.6 Å². The van der Waals surface area contributed by atoms with Crippen LogP contribution in [0.3, 0.4) is 0 Å². The zero-order valence-corrected chi connectivity index (χ0v) is 22.5. The summed E-state index contributed by atoms with van der Waals surface area (Å²) in [7, 11) is -4.17. The average molecular weight is 445 g/mol. The predicted octanol–water partition coefficient (Wildman–Crippen LogP) is 6.38. The Bertz CT molecular complexity index is 569. The Morgan fingerprint density at radius 2 is 0.966 bits per heavy atom. The minimum atomic E-state index is -2.12. The lowest BCUT2D eigenvalue weighted by molar-refractivity contribution is -0.137. The van der Waals surface area contributed by atoms with Gasteiger partial charge in [0.25, 0.3) is 28.6 Å². The second kappa shape index (κ2) is 10.9. The summed E-state index contributed by atoms with van der Waals surface area (Å²) in [5, 5.41) is -0.0147. The van der Waals surface area contributed by atoms with Crippen molar-refractivity contribution in [2.75, 3.05) is 0 Å². The first-order chi connectivity index (χ1) is 12.9. The Morgan fingerprint density at radius 1 is 0.586 bits per heavy atom. The van der Waals surface area contributed by atoms with Crippen molar-refractivity contribution >= 4 is 34.4 Å². The standard InChI is InChI=1S/C22H44O5Si2/c1-21(2,3)28(7,8)26-19(24)15-13-11-12-14-18(23)16-17-20(25)27-29(9,10)22(4,5)6/h11-17H2,1-10H3. The van der Waals surface area contributed by atoms with Crippen LogP contribution < -0.4 is 0 Å². The summed E-state index contributed by atoms with van der Waals surface area (Å²) in [4.78, 5) is 36.1. The molecule has 5 nitrogen and oxygen atoms in total. The maximum absolute atomic E-state index is 12.1. The molecule has 0 radical (unpaired) electrons. The molecule has 29 heavy (non-hydrogen) atoms. The smallest absolute Gasteiger partial charge is 0.292 e. The van der Waals surface area contributed by atoms with Crippen LogP contribution in [0, 0.1) is 0 Å². The Labute approximate surface area is 180 Å².